The Kier molecular flexibility index (Phi) is 7.39. The van der Waals surface area contributed by atoms with E-state index >= 15 is 0 Å². The largest absolute Gasteiger partial charge is 0.0772 e. The fraction of sp³-hybridized carbons (Fsp3) is 1.00. The second-order valence-corrected chi connectivity index (χ2v) is 18.9. The van der Waals surface area contributed by atoms with Gasteiger partial charge >= 0.3 is 0 Å². The zero-order valence-corrected chi connectivity index (χ0v) is 21.8. The molecule has 0 aromatic carbocycles. The van der Waals surface area contributed by atoms with Crippen molar-refractivity contribution >= 4 is 8.07 Å². The summed E-state index contributed by atoms with van der Waals surface area (Å²) in [6, 6.07) is 0. The van der Waals surface area contributed by atoms with Gasteiger partial charge in [0.15, 0.2) is 0 Å². The van der Waals surface area contributed by atoms with Gasteiger partial charge in [-0.2, -0.15) is 0 Å². The quantitative estimate of drug-likeness (QED) is 0.374. The smallest absolute Gasteiger partial charge is 0.0625 e. The molecular weight excluding hydrogens is 316 g/mol. The van der Waals surface area contributed by atoms with Crippen LogP contribution in [0.25, 0.3) is 0 Å². The third-order valence-corrected chi connectivity index (χ3v) is 19.7. The van der Waals surface area contributed by atoms with Gasteiger partial charge in [-0.25, -0.2) is 0 Å². The molecule has 0 N–H and O–H groups in total. The molecule has 152 valence electrons. The Balaban J connectivity index is 7.51. The van der Waals surface area contributed by atoms with E-state index in [0.29, 0.717) is 43.8 Å². The van der Waals surface area contributed by atoms with Crippen LogP contribution in [0.15, 0.2) is 0 Å². The summed E-state index contributed by atoms with van der Waals surface area (Å²) in [7, 11) is -1.96. The van der Waals surface area contributed by atoms with Crippen LogP contribution in [0.2, 0.25) is 20.2 Å². The molecule has 0 fully saturated rings. The van der Waals surface area contributed by atoms with Crippen LogP contribution in [-0.2, 0) is 0 Å². The van der Waals surface area contributed by atoms with Gasteiger partial charge in [0.05, 0.1) is 8.07 Å². The topological polar surface area (TPSA) is 0 Å². The molecule has 0 heterocycles. The maximum Gasteiger partial charge on any atom is 0.0772 e. The Hall–Kier alpha value is 0.217. The average Bonchev–Trinajstić information content (AvgIpc) is 2.36. The van der Waals surface area contributed by atoms with Crippen LogP contribution < -0.4 is 0 Å². The van der Waals surface area contributed by atoms with Gasteiger partial charge in [0.2, 0.25) is 0 Å². The van der Waals surface area contributed by atoms with Crippen molar-refractivity contribution in [3.8, 4) is 0 Å². The van der Waals surface area contributed by atoms with Gasteiger partial charge in [-0.1, -0.05) is 111 Å². The summed E-state index contributed by atoms with van der Waals surface area (Å²) in [5, 5.41) is 1.40. The van der Waals surface area contributed by atoms with E-state index in [1.165, 1.54) is 0 Å². The molecule has 0 saturated heterocycles. The van der Waals surface area contributed by atoms with E-state index in [1.54, 1.807) is 0 Å². The molecule has 1 heteroatoms. The van der Waals surface area contributed by atoms with Crippen molar-refractivity contribution in [2.45, 2.75) is 131 Å². The van der Waals surface area contributed by atoms with E-state index in [2.05, 4.69) is 111 Å². The Morgan fingerprint density at radius 2 is 0.480 bits per heavy atom. The van der Waals surface area contributed by atoms with Crippen LogP contribution in [0, 0.1) is 23.7 Å². The Morgan fingerprint density at radius 3 is 0.560 bits per heavy atom. The monoisotopic (exact) mass is 368 g/mol. The lowest BCUT2D eigenvalue weighted by Gasteiger charge is -2.73. The van der Waals surface area contributed by atoms with E-state index in [1.807, 2.05) is 0 Å². The molecule has 0 bridgehead atoms. The highest BCUT2D eigenvalue weighted by Gasteiger charge is 2.72. The fourth-order valence-electron chi connectivity index (χ4n) is 6.71. The fourth-order valence-corrected chi connectivity index (χ4v) is 20.1. The maximum atomic E-state index is 2.63. The van der Waals surface area contributed by atoms with Crippen molar-refractivity contribution < 1.29 is 0 Å². The summed E-state index contributed by atoms with van der Waals surface area (Å²) in [6.07, 6.45) is 0. The zero-order valence-electron chi connectivity index (χ0n) is 20.8. The summed E-state index contributed by atoms with van der Waals surface area (Å²) in [4.78, 5) is 0. The molecule has 0 spiro atoms. The molecule has 0 amide bonds. The van der Waals surface area contributed by atoms with E-state index in [9.17, 15) is 0 Å². The Bertz CT molecular complexity index is 348. The first-order valence-corrected chi connectivity index (χ1v) is 12.8. The molecule has 0 unspecified atom stereocenters. The molecule has 0 aromatic rings. The number of rotatable bonds is 8. The summed E-state index contributed by atoms with van der Waals surface area (Å²) in [5.41, 5.74) is 0. The van der Waals surface area contributed by atoms with Crippen LogP contribution in [0.1, 0.15) is 111 Å². The second-order valence-electron chi connectivity index (χ2n) is 12.3. The summed E-state index contributed by atoms with van der Waals surface area (Å²) in [5.74, 6) is 2.75. The van der Waals surface area contributed by atoms with Gasteiger partial charge in [0.1, 0.15) is 0 Å². The van der Waals surface area contributed by atoms with E-state index in [-0.39, 0.29) is 0 Å². The molecule has 0 aliphatic rings. The van der Waals surface area contributed by atoms with Crippen LogP contribution in [0.5, 0.6) is 0 Å². The van der Waals surface area contributed by atoms with Crippen LogP contribution in [-0.4, -0.2) is 8.07 Å². The van der Waals surface area contributed by atoms with Crippen LogP contribution in [0.4, 0.5) is 0 Å². The highest BCUT2D eigenvalue weighted by Crippen LogP contribution is 2.77. The van der Waals surface area contributed by atoms with E-state index < -0.39 is 8.07 Å². The predicted molar refractivity (Wildman–Crippen MR) is 121 cm³/mol. The van der Waals surface area contributed by atoms with Crippen molar-refractivity contribution in [2.24, 2.45) is 23.7 Å². The predicted octanol–water partition coefficient (Wildman–Crippen LogP) is 9.18. The van der Waals surface area contributed by atoms with Crippen molar-refractivity contribution in [2.75, 3.05) is 0 Å². The van der Waals surface area contributed by atoms with Crippen molar-refractivity contribution in [1.82, 2.24) is 0 Å². The first-order valence-electron chi connectivity index (χ1n) is 10.8. The number of hydrogen-bond acceptors (Lipinski definition) is 0. The summed E-state index contributed by atoms with van der Waals surface area (Å²) >= 11 is 0. The van der Waals surface area contributed by atoms with Gasteiger partial charge in [-0.3, -0.25) is 0 Å². The van der Waals surface area contributed by atoms with Crippen molar-refractivity contribution in [3.05, 3.63) is 0 Å². The SMILES string of the molecule is CC(C)C(C)(C)[Si](C(C)(C)C(C)C)(C(C)(C)C(C)C)C(C)(C)C(C)C. The lowest BCUT2D eigenvalue weighted by atomic mass is 9.93. The van der Waals surface area contributed by atoms with E-state index in [4.69, 9.17) is 0 Å². The average molecular weight is 369 g/mol. The van der Waals surface area contributed by atoms with Gasteiger partial charge in [-0.05, 0) is 43.8 Å². The molecule has 0 aliphatic carbocycles. The molecule has 0 rings (SSSR count). The molecule has 0 saturated carbocycles. The standard InChI is InChI=1S/C24H52Si/c1-17(2)21(9,10)25(22(11,12)18(3)4,23(13,14)19(5)6)24(15,16)20(7)8/h17-20H,1-16H3. The highest BCUT2D eigenvalue weighted by atomic mass is 28.3. The minimum atomic E-state index is -1.96. The minimum absolute atomic E-state index is 0.350. The maximum absolute atomic E-state index is 2.63. The molecule has 0 atom stereocenters. The first-order chi connectivity index (χ1) is 10.8. The van der Waals surface area contributed by atoms with Gasteiger partial charge < -0.3 is 0 Å². The summed E-state index contributed by atoms with van der Waals surface area (Å²) < 4.78 is 0. The molecule has 25 heavy (non-hydrogen) atoms. The zero-order chi connectivity index (χ0) is 20.8. The highest BCUT2D eigenvalue weighted by molar-refractivity contribution is 6.90. The lowest BCUT2D eigenvalue weighted by Crippen LogP contribution is -2.70. The molecule has 0 aliphatic heterocycles. The first kappa shape index (κ1) is 25.2. The Labute approximate surface area is 163 Å². The van der Waals surface area contributed by atoms with Crippen LogP contribution >= 0.6 is 0 Å². The molecule has 0 radical (unpaired) electrons. The van der Waals surface area contributed by atoms with Gasteiger partial charge in [-0.15, -0.1) is 0 Å². The normalized spacial score (nSPS) is 15.8. The Morgan fingerprint density at radius 1 is 0.360 bits per heavy atom. The van der Waals surface area contributed by atoms with E-state index in [0.717, 1.165) is 0 Å². The van der Waals surface area contributed by atoms with Crippen LogP contribution in [0.3, 0.4) is 0 Å². The third-order valence-electron chi connectivity index (χ3n) is 9.64. The van der Waals surface area contributed by atoms with Gasteiger partial charge in [0.25, 0.3) is 0 Å². The summed E-state index contributed by atoms with van der Waals surface area (Å²) in [6.45, 7) is 40.8. The van der Waals surface area contributed by atoms with Gasteiger partial charge in [0, 0.05) is 0 Å². The van der Waals surface area contributed by atoms with Crippen molar-refractivity contribution in [1.29, 1.82) is 0 Å². The molecular formula is C24H52Si. The third kappa shape index (κ3) is 3.30. The molecule has 0 nitrogen and oxygen atoms in total. The number of hydrogen-bond donors (Lipinski definition) is 0. The minimum Gasteiger partial charge on any atom is -0.0625 e. The second kappa shape index (κ2) is 7.32. The van der Waals surface area contributed by atoms with Crippen molar-refractivity contribution in [3.63, 3.8) is 0 Å². The lowest BCUT2D eigenvalue weighted by molar-refractivity contribution is 0.275. The molecule has 0 aromatic heterocycles.